The van der Waals surface area contributed by atoms with Gasteiger partial charge in [-0.05, 0) is 31.2 Å². The van der Waals surface area contributed by atoms with Crippen LogP contribution in [0.25, 0.3) is 0 Å². The Morgan fingerprint density at radius 1 is 1.10 bits per heavy atom. The van der Waals surface area contributed by atoms with Crippen LogP contribution < -0.4 is 5.73 Å². The smallest absolute Gasteiger partial charge is 0.144 e. The summed E-state index contributed by atoms with van der Waals surface area (Å²) in [6.07, 6.45) is 3.23. The molecule has 0 saturated carbocycles. The average Bonchev–Trinajstić information content (AvgIpc) is 2.31. The first kappa shape index (κ1) is 19.2. The lowest BCUT2D eigenvalue weighted by Crippen LogP contribution is -2.33. The van der Waals surface area contributed by atoms with Crippen molar-refractivity contribution in [3.63, 3.8) is 0 Å². The third-order valence-corrected chi connectivity index (χ3v) is 3.57. The van der Waals surface area contributed by atoms with Crippen LogP contribution in [0.15, 0.2) is 5.16 Å². The lowest BCUT2D eigenvalue weighted by Gasteiger charge is -2.27. The molecule has 0 fully saturated rings. The van der Waals surface area contributed by atoms with Gasteiger partial charge >= 0.3 is 0 Å². The van der Waals surface area contributed by atoms with Crippen molar-refractivity contribution in [3.8, 4) is 0 Å². The van der Waals surface area contributed by atoms with Gasteiger partial charge in [0.2, 0.25) is 0 Å². The monoisotopic (exact) mass is 285 g/mol. The lowest BCUT2D eigenvalue weighted by molar-refractivity contribution is 0.212. The zero-order valence-electron chi connectivity index (χ0n) is 14.3. The molecule has 0 aliphatic heterocycles. The number of unbranched alkanes of at least 4 members (excludes halogenated alkanes) is 1. The molecule has 0 unspecified atom stereocenters. The second-order valence-electron chi connectivity index (χ2n) is 7.37. The Balaban J connectivity index is 4.11. The summed E-state index contributed by atoms with van der Waals surface area (Å²) >= 11 is 0. The van der Waals surface area contributed by atoms with E-state index in [0.717, 1.165) is 19.4 Å². The van der Waals surface area contributed by atoms with Crippen LogP contribution in [0.4, 0.5) is 0 Å². The zero-order chi connectivity index (χ0) is 15.8. The van der Waals surface area contributed by atoms with Gasteiger partial charge in [0.1, 0.15) is 5.84 Å². The van der Waals surface area contributed by atoms with E-state index >= 15 is 0 Å². The van der Waals surface area contributed by atoms with Gasteiger partial charge in [-0.2, -0.15) is 0 Å². The van der Waals surface area contributed by atoms with Crippen molar-refractivity contribution in [2.75, 3.05) is 19.6 Å². The van der Waals surface area contributed by atoms with Crippen molar-refractivity contribution in [3.05, 3.63) is 0 Å². The topological polar surface area (TPSA) is 61.8 Å². The number of hydrogen-bond donors (Lipinski definition) is 2. The second-order valence-corrected chi connectivity index (χ2v) is 7.37. The highest BCUT2D eigenvalue weighted by Crippen LogP contribution is 2.23. The lowest BCUT2D eigenvalue weighted by atomic mass is 9.86. The van der Waals surface area contributed by atoms with Gasteiger partial charge < -0.3 is 15.8 Å². The summed E-state index contributed by atoms with van der Waals surface area (Å²) in [7, 11) is 0. The van der Waals surface area contributed by atoms with Gasteiger partial charge in [-0.25, -0.2) is 0 Å². The number of rotatable bonds is 10. The van der Waals surface area contributed by atoms with Crippen molar-refractivity contribution >= 4 is 5.84 Å². The van der Waals surface area contributed by atoms with Crippen LogP contribution in [0.3, 0.4) is 0 Å². The molecule has 120 valence electrons. The molecule has 0 aromatic rings. The zero-order valence-corrected chi connectivity index (χ0v) is 14.3. The predicted octanol–water partition coefficient (Wildman–Crippen LogP) is 3.54. The van der Waals surface area contributed by atoms with Crippen molar-refractivity contribution < 1.29 is 5.21 Å². The minimum atomic E-state index is -0.213. The largest absolute Gasteiger partial charge is 0.409 e. The van der Waals surface area contributed by atoms with Crippen LogP contribution in [-0.2, 0) is 0 Å². The van der Waals surface area contributed by atoms with E-state index in [9.17, 15) is 0 Å². The fraction of sp³-hybridized carbons (Fsp3) is 0.938. The Morgan fingerprint density at radius 2 is 1.60 bits per heavy atom. The Hall–Kier alpha value is -0.770. The Morgan fingerprint density at radius 3 is 2.00 bits per heavy atom. The van der Waals surface area contributed by atoms with Gasteiger partial charge in [-0.3, -0.25) is 0 Å². The van der Waals surface area contributed by atoms with Crippen molar-refractivity contribution in [1.82, 2.24) is 4.90 Å². The van der Waals surface area contributed by atoms with E-state index in [1.165, 1.54) is 19.5 Å². The first-order chi connectivity index (χ1) is 9.19. The number of oxime groups is 1. The molecule has 4 heteroatoms. The highest BCUT2D eigenvalue weighted by molar-refractivity contribution is 5.85. The highest BCUT2D eigenvalue weighted by atomic mass is 16.4. The second kappa shape index (κ2) is 9.22. The molecule has 0 amide bonds. The van der Waals surface area contributed by atoms with Gasteiger partial charge in [0, 0.05) is 18.5 Å². The molecule has 4 nitrogen and oxygen atoms in total. The molecule has 0 aromatic carbocycles. The van der Waals surface area contributed by atoms with Crippen LogP contribution in [0.1, 0.15) is 60.8 Å². The summed E-state index contributed by atoms with van der Waals surface area (Å²) in [6, 6.07) is 0. The molecule has 0 aromatic heterocycles. The molecule has 0 rings (SSSR count). The quantitative estimate of drug-likeness (QED) is 0.212. The minimum Gasteiger partial charge on any atom is -0.409 e. The Kier molecular flexibility index (Phi) is 8.86. The van der Waals surface area contributed by atoms with Crippen molar-refractivity contribution in [2.24, 2.45) is 28.1 Å². The van der Waals surface area contributed by atoms with Gasteiger partial charge in [-0.1, -0.05) is 53.1 Å². The SMILES string of the molecule is CC(C)CN(CCCCC(C)(C)C(N)=NO)CC(C)C. The maximum atomic E-state index is 8.77. The number of hydrogen-bond acceptors (Lipinski definition) is 3. The van der Waals surface area contributed by atoms with Gasteiger partial charge in [0.25, 0.3) is 0 Å². The molecule has 3 N–H and O–H groups in total. The Bertz CT molecular complexity index is 275. The maximum Gasteiger partial charge on any atom is 0.144 e. The molecule has 0 aliphatic carbocycles. The summed E-state index contributed by atoms with van der Waals surface area (Å²) in [6.45, 7) is 16.6. The summed E-state index contributed by atoms with van der Waals surface area (Å²) in [5, 5.41) is 11.9. The van der Waals surface area contributed by atoms with E-state index in [0.29, 0.717) is 17.7 Å². The number of nitrogens with zero attached hydrogens (tertiary/aromatic N) is 2. The van der Waals surface area contributed by atoms with Crippen LogP contribution in [0, 0.1) is 17.3 Å². The fourth-order valence-electron chi connectivity index (χ4n) is 2.46. The maximum absolute atomic E-state index is 8.77. The van der Waals surface area contributed by atoms with Gasteiger partial charge in [0.05, 0.1) is 0 Å². The number of nitrogens with two attached hydrogens (primary N) is 1. The highest BCUT2D eigenvalue weighted by Gasteiger charge is 2.22. The third kappa shape index (κ3) is 8.41. The van der Waals surface area contributed by atoms with E-state index in [4.69, 9.17) is 10.9 Å². The molecule has 0 bridgehead atoms. The third-order valence-electron chi connectivity index (χ3n) is 3.57. The first-order valence-corrected chi connectivity index (χ1v) is 7.89. The predicted molar refractivity (Wildman–Crippen MR) is 87.2 cm³/mol. The minimum absolute atomic E-state index is 0.213. The fourth-order valence-corrected chi connectivity index (χ4v) is 2.46. The summed E-state index contributed by atoms with van der Waals surface area (Å²) in [5.74, 6) is 1.75. The Labute approximate surface area is 125 Å². The van der Waals surface area contributed by atoms with E-state index in [1.807, 2.05) is 13.8 Å². The van der Waals surface area contributed by atoms with Crippen LogP contribution >= 0.6 is 0 Å². The summed E-state index contributed by atoms with van der Waals surface area (Å²) < 4.78 is 0. The first-order valence-electron chi connectivity index (χ1n) is 7.89. The average molecular weight is 285 g/mol. The molecule has 0 radical (unpaired) electrons. The molecule has 20 heavy (non-hydrogen) atoms. The van der Waals surface area contributed by atoms with E-state index in [2.05, 4.69) is 37.8 Å². The van der Waals surface area contributed by atoms with Crippen molar-refractivity contribution in [2.45, 2.75) is 60.8 Å². The van der Waals surface area contributed by atoms with E-state index in [1.54, 1.807) is 0 Å². The summed E-state index contributed by atoms with van der Waals surface area (Å²) in [4.78, 5) is 2.56. The molecule has 0 aliphatic rings. The molecule has 0 saturated heterocycles. The van der Waals surface area contributed by atoms with Crippen LogP contribution in [0.2, 0.25) is 0 Å². The normalized spacial score (nSPS) is 13.8. The standard InChI is InChI=1S/C16H35N3O/c1-13(2)11-19(12-14(3)4)10-8-7-9-16(5,6)15(17)18-20/h13-14,20H,7-12H2,1-6H3,(H2,17,18). The molecule has 0 heterocycles. The molecular formula is C16H35N3O. The van der Waals surface area contributed by atoms with E-state index in [-0.39, 0.29) is 5.41 Å². The summed E-state index contributed by atoms with van der Waals surface area (Å²) in [5.41, 5.74) is 5.50. The van der Waals surface area contributed by atoms with Crippen molar-refractivity contribution in [1.29, 1.82) is 0 Å². The molecule has 0 atom stereocenters. The van der Waals surface area contributed by atoms with Gasteiger partial charge in [-0.15, -0.1) is 0 Å². The van der Waals surface area contributed by atoms with Gasteiger partial charge in [0.15, 0.2) is 0 Å². The van der Waals surface area contributed by atoms with E-state index < -0.39 is 0 Å². The van der Waals surface area contributed by atoms with Crippen LogP contribution in [0.5, 0.6) is 0 Å². The number of amidine groups is 1. The molecule has 0 spiro atoms. The van der Waals surface area contributed by atoms with Crippen LogP contribution in [-0.4, -0.2) is 35.6 Å². The molecular weight excluding hydrogens is 250 g/mol.